The van der Waals surface area contributed by atoms with E-state index < -0.39 is 12.1 Å². The van der Waals surface area contributed by atoms with Crippen LogP contribution in [0.15, 0.2) is 30.5 Å². The van der Waals surface area contributed by atoms with Crippen LogP contribution < -0.4 is 15.8 Å². The fraction of sp³-hybridized carbons (Fsp3) is 0.440. The summed E-state index contributed by atoms with van der Waals surface area (Å²) in [6.45, 7) is 2.64. The largest absolute Gasteiger partial charge is 0.573 e. The first kappa shape index (κ1) is 24.4. The van der Waals surface area contributed by atoms with Crippen LogP contribution in [0.1, 0.15) is 59.1 Å². The minimum absolute atomic E-state index is 0.0869. The minimum atomic E-state index is -4.85. The highest BCUT2D eigenvalue weighted by atomic mass is 19.4. The highest BCUT2D eigenvalue weighted by Gasteiger charge is 2.32. The molecule has 7 nitrogen and oxygen atoms in total. The van der Waals surface area contributed by atoms with E-state index in [4.69, 9.17) is 5.73 Å². The Bertz CT molecular complexity index is 1260. The maximum absolute atomic E-state index is 15.0. The number of nitrogen functional groups attached to an aromatic ring is 1. The van der Waals surface area contributed by atoms with Crippen LogP contribution >= 0.6 is 0 Å². The Morgan fingerprint density at radius 2 is 1.81 bits per heavy atom. The number of nitrogens with two attached hydrogens (primary N) is 1. The number of benzene rings is 1. The lowest BCUT2D eigenvalue weighted by molar-refractivity contribution is -0.274. The van der Waals surface area contributed by atoms with Crippen molar-refractivity contribution >= 4 is 22.6 Å². The van der Waals surface area contributed by atoms with Crippen LogP contribution in [0.2, 0.25) is 0 Å². The van der Waals surface area contributed by atoms with E-state index in [1.54, 1.807) is 4.90 Å². The van der Waals surface area contributed by atoms with Gasteiger partial charge in [-0.3, -0.25) is 4.79 Å². The van der Waals surface area contributed by atoms with E-state index >= 15 is 4.39 Å². The standard InChI is InChI=1S/C25H27F4N5O2/c26-19-13-32-23-18(12-21(33-23)14-3-7-31-8-4-14)22(19)15-5-9-34(10-6-15)24(35)17-2-1-16(11-20(17)30)36-25(27,28)29/h1-2,11-15,31H,3-10,30H2,(H,32,33). The number of H-pyrrole nitrogens is 1. The number of likely N-dealkylation sites (tertiary alicyclic amines) is 1. The molecule has 1 aromatic carbocycles. The average Bonchev–Trinajstić information content (AvgIpc) is 3.28. The lowest BCUT2D eigenvalue weighted by Crippen LogP contribution is -2.38. The van der Waals surface area contributed by atoms with Gasteiger partial charge in [0.1, 0.15) is 17.2 Å². The smallest absolute Gasteiger partial charge is 0.406 e. The first-order chi connectivity index (χ1) is 17.2. The molecule has 2 aliphatic rings. The van der Waals surface area contributed by atoms with Crippen molar-refractivity contribution < 1.29 is 27.1 Å². The molecule has 0 spiro atoms. The van der Waals surface area contributed by atoms with Crippen molar-refractivity contribution in [3.05, 3.63) is 53.1 Å². The van der Waals surface area contributed by atoms with Crippen molar-refractivity contribution in [3.63, 3.8) is 0 Å². The molecular formula is C25H27F4N5O2. The van der Waals surface area contributed by atoms with Gasteiger partial charge in [-0.2, -0.15) is 0 Å². The molecule has 4 heterocycles. The molecule has 2 aliphatic heterocycles. The van der Waals surface area contributed by atoms with Gasteiger partial charge in [0.25, 0.3) is 5.91 Å². The number of carbonyl (C=O) groups is 1. The summed E-state index contributed by atoms with van der Waals surface area (Å²) in [5.41, 5.74) is 8.24. The second-order valence-electron chi connectivity index (χ2n) is 9.39. The van der Waals surface area contributed by atoms with E-state index in [9.17, 15) is 18.0 Å². The zero-order valence-electron chi connectivity index (χ0n) is 19.5. The molecule has 2 saturated heterocycles. The molecule has 0 saturated carbocycles. The van der Waals surface area contributed by atoms with Crippen molar-refractivity contribution in [3.8, 4) is 5.75 Å². The van der Waals surface area contributed by atoms with Crippen molar-refractivity contribution in [1.82, 2.24) is 20.2 Å². The zero-order valence-corrected chi connectivity index (χ0v) is 19.5. The molecule has 5 rings (SSSR count). The molecule has 2 fully saturated rings. The van der Waals surface area contributed by atoms with Gasteiger partial charge in [-0.25, -0.2) is 9.37 Å². The van der Waals surface area contributed by atoms with Crippen LogP contribution in [0, 0.1) is 5.82 Å². The highest BCUT2D eigenvalue weighted by Crippen LogP contribution is 2.37. The quantitative estimate of drug-likeness (QED) is 0.354. The normalized spacial score (nSPS) is 18.1. The highest BCUT2D eigenvalue weighted by molar-refractivity contribution is 5.99. The monoisotopic (exact) mass is 505 g/mol. The Hall–Kier alpha value is -3.34. The summed E-state index contributed by atoms with van der Waals surface area (Å²) in [7, 11) is 0. The van der Waals surface area contributed by atoms with E-state index in [0.717, 1.165) is 49.1 Å². The summed E-state index contributed by atoms with van der Waals surface area (Å²) in [5, 5.41) is 4.14. The molecule has 1 amide bonds. The van der Waals surface area contributed by atoms with Gasteiger partial charge in [0.15, 0.2) is 0 Å². The number of rotatable bonds is 4. The Labute approximate surface area is 205 Å². The number of hydrogen-bond acceptors (Lipinski definition) is 5. The fourth-order valence-electron chi connectivity index (χ4n) is 5.33. The number of halogens is 4. The maximum atomic E-state index is 15.0. The molecule has 0 unspecified atom stereocenters. The number of piperidine rings is 2. The number of hydrogen-bond donors (Lipinski definition) is 3. The van der Waals surface area contributed by atoms with Gasteiger partial charge in [-0.1, -0.05) is 0 Å². The summed E-state index contributed by atoms with van der Waals surface area (Å²) >= 11 is 0. The molecule has 0 aliphatic carbocycles. The summed E-state index contributed by atoms with van der Waals surface area (Å²) < 4.78 is 56.2. The van der Waals surface area contributed by atoms with E-state index in [2.05, 4.69) is 20.0 Å². The van der Waals surface area contributed by atoms with Gasteiger partial charge in [0.2, 0.25) is 0 Å². The molecular weight excluding hydrogens is 478 g/mol. The Morgan fingerprint density at radius 1 is 1.08 bits per heavy atom. The topological polar surface area (TPSA) is 96.3 Å². The second kappa shape index (κ2) is 9.61. The molecule has 0 radical (unpaired) electrons. The lowest BCUT2D eigenvalue weighted by atomic mass is 9.87. The van der Waals surface area contributed by atoms with Gasteiger partial charge >= 0.3 is 6.36 Å². The first-order valence-corrected chi connectivity index (χ1v) is 12.0. The number of nitrogens with zero attached hydrogens (tertiary/aromatic N) is 2. The number of aromatic nitrogens is 2. The summed E-state index contributed by atoms with van der Waals surface area (Å²) in [6.07, 6.45) is -0.477. The van der Waals surface area contributed by atoms with Gasteiger partial charge in [0.05, 0.1) is 11.8 Å². The Kier molecular flexibility index (Phi) is 6.50. The number of pyridine rings is 1. The number of fused-ring (bicyclic) bond motifs is 1. The SMILES string of the molecule is Nc1cc(OC(F)(F)F)ccc1C(=O)N1CCC(c2c(F)cnc3[nH]c(C4CCNCC4)cc23)CC1. The van der Waals surface area contributed by atoms with Crippen LogP contribution in [0.25, 0.3) is 11.0 Å². The number of carbonyl (C=O) groups excluding carboxylic acids is 1. The predicted molar refractivity (Wildman–Crippen MR) is 126 cm³/mol. The van der Waals surface area contributed by atoms with Crippen molar-refractivity contribution in [2.45, 2.75) is 43.9 Å². The number of alkyl halides is 3. The van der Waals surface area contributed by atoms with Crippen LogP contribution in [-0.2, 0) is 0 Å². The third kappa shape index (κ3) is 4.97. The van der Waals surface area contributed by atoms with Gasteiger partial charge in [-0.05, 0) is 62.9 Å². The Morgan fingerprint density at radius 3 is 2.47 bits per heavy atom. The van der Waals surface area contributed by atoms with Crippen LogP contribution in [0.5, 0.6) is 5.75 Å². The number of ether oxygens (including phenoxy) is 1. The van der Waals surface area contributed by atoms with Crippen LogP contribution in [0.3, 0.4) is 0 Å². The van der Waals surface area contributed by atoms with E-state index in [0.29, 0.717) is 43.1 Å². The number of amides is 1. The van der Waals surface area contributed by atoms with Crippen molar-refractivity contribution in [1.29, 1.82) is 0 Å². The predicted octanol–water partition coefficient (Wildman–Crippen LogP) is 4.67. The molecule has 2 aromatic heterocycles. The fourth-order valence-corrected chi connectivity index (χ4v) is 5.33. The summed E-state index contributed by atoms with van der Waals surface area (Å²) in [6, 6.07) is 5.32. The number of aromatic amines is 1. The lowest BCUT2D eigenvalue weighted by Gasteiger charge is -2.33. The third-order valence-electron chi connectivity index (χ3n) is 7.13. The third-order valence-corrected chi connectivity index (χ3v) is 7.13. The van der Waals surface area contributed by atoms with Crippen molar-refractivity contribution in [2.24, 2.45) is 0 Å². The molecule has 0 atom stereocenters. The summed E-state index contributed by atoms with van der Waals surface area (Å²) in [5.74, 6) is -0.916. The van der Waals surface area contributed by atoms with E-state index in [1.165, 1.54) is 12.3 Å². The zero-order chi connectivity index (χ0) is 25.4. The average molecular weight is 506 g/mol. The van der Waals surface area contributed by atoms with Gasteiger partial charge < -0.3 is 25.7 Å². The number of anilines is 1. The van der Waals surface area contributed by atoms with Gasteiger partial charge in [-0.15, -0.1) is 13.2 Å². The van der Waals surface area contributed by atoms with E-state index in [-0.39, 0.29) is 28.9 Å². The molecule has 11 heteroatoms. The molecule has 192 valence electrons. The summed E-state index contributed by atoms with van der Waals surface area (Å²) in [4.78, 5) is 22.3. The van der Waals surface area contributed by atoms with Crippen molar-refractivity contribution in [2.75, 3.05) is 31.9 Å². The Balaban J connectivity index is 1.30. The second-order valence-corrected chi connectivity index (χ2v) is 9.39. The van der Waals surface area contributed by atoms with E-state index in [1.807, 2.05) is 6.07 Å². The molecule has 36 heavy (non-hydrogen) atoms. The van der Waals surface area contributed by atoms with Gasteiger partial charge in [0, 0.05) is 47.4 Å². The maximum Gasteiger partial charge on any atom is 0.573 e. The molecule has 4 N–H and O–H groups in total. The first-order valence-electron chi connectivity index (χ1n) is 12.0. The van der Waals surface area contributed by atoms with Crippen LogP contribution in [-0.4, -0.2) is 53.3 Å². The number of nitrogens with one attached hydrogen (secondary N) is 2. The molecule has 0 bridgehead atoms. The minimum Gasteiger partial charge on any atom is -0.406 e. The van der Waals surface area contributed by atoms with Crippen LogP contribution in [0.4, 0.5) is 23.2 Å². The molecule has 3 aromatic rings.